The molecule has 1 N–H and O–H groups in total. The molecule has 92 valence electrons. The SMILES string of the molecule is CCOc1c(Cl)cc(Br)c([N+](=O)[O-])c1C(=O)O. The number of carboxylic acids is 1. The Morgan fingerprint density at radius 3 is 2.71 bits per heavy atom. The zero-order chi connectivity index (χ0) is 13.2. The van der Waals surface area contributed by atoms with Crippen molar-refractivity contribution in [2.75, 3.05) is 6.61 Å². The van der Waals surface area contributed by atoms with Crippen LogP contribution in [0, 0.1) is 10.1 Å². The van der Waals surface area contributed by atoms with Gasteiger partial charge in [0.2, 0.25) is 0 Å². The summed E-state index contributed by atoms with van der Waals surface area (Å²) in [4.78, 5) is 21.1. The van der Waals surface area contributed by atoms with Crippen molar-refractivity contribution in [3.63, 3.8) is 0 Å². The lowest BCUT2D eigenvalue weighted by Gasteiger charge is -2.10. The highest BCUT2D eigenvalue weighted by Crippen LogP contribution is 2.40. The fourth-order valence-corrected chi connectivity index (χ4v) is 2.22. The first kappa shape index (κ1) is 13.7. The number of hydrogen-bond acceptors (Lipinski definition) is 4. The third-order valence-corrected chi connectivity index (χ3v) is 2.73. The minimum atomic E-state index is -1.47. The Hall–Kier alpha value is -1.34. The second-order valence-electron chi connectivity index (χ2n) is 2.89. The number of aromatic carboxylic acids is 1. The number of nitro benzene ring substituents is 1. The summed E-state index contributed by atoms with van der Waals surface area (Å²) in [7, 11) is 0. The van der Waals surface area contributed by atoms with Crippen LogP contribution in [0.3, 0.4) is 0 Å². The number of nitrogens with zero attached hydrogens (tertiary/aromatic N) is 1. The summed E-state index contributed by atoms with van der Waals surface area (Å²) < 4.78 is 5.03. The molecule has 1 aromatic rings. The van der Waals surface area contributed by atoms with Gasteiger partial charge in [-0.05, 0) is 28.9 Å². The second-order valence-corrected chi connectivity index (χ2v) is 4.15. The van der Waals surface area contributed by atoms with Crippen LogP contribution in [0.4, 0.5) is 5.69 Å². The fourth-order valence-electron chi connectivity index (χ4n) is 1.25. The topological polar surface area (TPSA) is 89.7 Å². The van der Waals surface area contributed by atoms with Crippen LogP contribution in [0.5, 0.6) is 5.75 Å². The van der Waals surface area contributed by atoms with Gasteiger partial charge in [-0.1, -0.05) is 11.6 Å². The Bertz CT molecular complexity index is 491. The van der Waals surface area contributed by atoms with E-state index >= 15 is 0 Å². The van der Waals surface area contributed by atoms with Gasteiger partial charge in [-0.3, -0.25) is 10.1 Å². The van der Waals surface area contributed by atoms with E-state index in [9.17, 15) is 14.9 Å². The number of hydrogen-bond donors (Lipinski definition) is 1. The molecule has 1 aromatic carbocycles. The van der Waals surface area contributed by atoms with E-state index in [1.165, 1.54) is 6.07 Å². The van der Waals surface area contributed by atoms with E-state index in [0.29, 0.717) is 0 Å². The first-order valence-corrected chi connectivity index (χ1v) is 5.59. The first-order valence-electron chi connectivity index (χ1n) is 4.42. The molecule has 8 heteroatoms. The molecule has 6 nitrogen and oxygen atoms in total. The predicted octanol–water partition coefficient (Wildman–Crippen LogP) is 3.11. The van der Waals surface area contributed by atoms with Crippen molar-refractivity contribution in [1.29, 1.82) is 0 Å². The standard InChI is InChI=1S/C9H7BrClNO5/c1-2-17-8-5(11)3-4(10)7(12(15)16)6(8)9(13)14/h3H,2H2,1H3,(H,13,14). The van der Waals surface area contributed by atoms with Gasteiger partial charge in [0.1, 0.15) is 0 Å². The lowest BCUT2D eigenvalue weighted by atomic mass is 10.1. The molecule has 0 saturated carbocycles. The van der Waals surface area contributed by atoms with Crippen LogP contribution in [0.25, 0.3) is 0 Å². The first-order chi connectivity index (χ1) is 7.90. The predicted molar refractivity (Wildman–Crippen MR) is 63.9 cm³/mol. The van der Waals surface area contributed by atoms with Gasteiger partial charge in [-0.25, -0.2) is 4.79 Å². The van der Waals surface area contributed by atoms with Crippen LogP contribution in [0.1, 0.15) is 17.3 Å². The number of nitro groups is 1. The Morgan fingerprint density at radius 1 is 1.71 bits per heavy atom. The molecule has 0 bridgehead atoms. The average molecular weight is 325 g/mol. The van der Waals surface area contributed by atoms with Crippen molar-refractivity contribution in [3.8, 4) is 5.75 Å². The Balaban J connectivity index is 3.65. The van der Waals surface area contributed by atoms with Crippen LogP contribution < -0.4 is 4.74 Å². The Labute approximate surface area is 109 Å². The highest BCUT2D eigenvalue weighted by atomic mass is 79.9. The van der Waals surface area contributed by atoms with Crippen LogP contribution >= 0.6 is 27.5 Å². The van der Waals surface area contributed by atoms with Crippen molar-refractivity contribution in [2.45, 2.75) is 6.92 Å². The molecular weight excluding hydrogens is 317 g/mol. The molecular formula is C9H7BrClNO5. The maximum atomic E-state index is 11.1. The van der Waals surface area contributed by atoms with Crippen LogP contribution in [-0.2, 0) is 0 Å². The second kappa shape index (κ2) is 5.33. The Kier molecular flexibility index (Phi) is 4.30. The molecule has 0 aliphatic rings. The van der Waals surface area contributed by atoms with E-state index < -0.39 is 22.1 Å². The van der Waals surface area contributed by atoms with Crippen molar-refractivity contribution >= 4 is 39.2 Å². The molecule has 0 heterocycles. The van der Waals surface area contributed by atoms with Gasteiger partial charge >= 0.3 is 11.7 Å². The van der Waals surface area contributed by atoms with E-state index in [0.717, 1.165) is 0 Å². The van der Waals surface area contributed by atoms with E-state index in [2.05, 4.69) is 15.9 Å². The van der Waals surface area contributed by atoms with Crippen LogP contribution in [0.2, 0.25) is 5.02 Å². The van der Waals surface area contributed by atoms with Crippen molar-refractivity contribution in [2.24, 2.45) is 0 Å². The van der Waals surface area contributed by atoms with Crippen LogP contribution in [-0.4, -0.2) is 22.6 Å². The van der Waals surface area contributed by atoms with Crippen LogP contribution in [0.15, 0.2) is 10.5 Å². The quantitative estimate of drug-likeness (QED) is 0.679. The summed E-state index contributed by atoms with van der Waals surface area (Å²) in [5, 5.41) is 19.8. The van der Waals surface area contributed by atoms with E-state index in [1.54, 1.807) is 6.92 Å². The molecule has 0 fully saturated rings. The number of halogens is 2. The number of rotatable bonds is 4. The average Bonchev–Trinajstić information content (AvgIpc) is 2.20. The number of ether oxygens (including phenoxy) is 1. The smallest absolute Gasteiger partial charge is 0.346 e. The number of benzene rings is 1. The summed E-state index contributed by atoms with van der Waals surface area (Å²) >= 11 is 8.70. The largest absolute Gasteiger partial charge is 0.491 e. The molecule has 0 aliphatic carbocycles. The molecule has 0 aromatic heterocycles. The van der Waals surface area contributed by atoms with Crippen molar-refractivity contribution in [1.82, 2.24) is 0 Å². The number of carboxylic acid groups (broad SMARTS) is 1. The monoisotopic (exact) mass is 323 g/mol. The molecule has 0 saturated heterocycles. The minimum Gasteiger partial charge on any atom is -0.491 e. The van der Waals surface area contributed by atoms with Crippen molar-refractivity contribution in [3.05, 3.63) is 31.2 Å². The lowest BCUT2D eigenvalue weighted by molar-refractivity contribution is -0.386. The van der Waals surface area contributed by atoms with E-state index in [1.807, 2.05) is 0 Å². The van der Waals surface area contributed by atoms with E-state index in [-0.39, 0.29) is 21.9 Å². The molecule has 17 heavy (non-hydrogen) atoms. The fraction of sp³-hybridized carbons (Fsp3) is 0.222. The van der Waals surface area contributed by atoms with Gasteiger partial charge < -0.3 is 9.84 Å². The minimum absolute atomic E-state index is 0.00160. The molecule has 0 amide bonds. The molecule has 0 atom stereocenters. The normalized spacial score (nSPS) is 10.1. The van der Waals surface area contributed by atoms with Gasteiger partial charge in [0, 0.05) is 0 Å². The lowest BCUT2D eigenvalue weighted by Crippen LogP contribution is -2.08. The summed E-state index contributed by atoms with van der Waals surface area (Å²) in [6.07, 6.45) is 0. The highest BCUT2D eigenvalue weighted by molar-refractivity contribution is 9.10. The zero-order valence-corrected chi connectivity index (χ0v) is 10.9. The molecule has 1 rings (SSSR count). The molecule has 0 spiro atoms. The third-order valence-electron chi connectivity index (χ3n) is 1.85. The highest BCUT2D eigenvalue weighted by Gasteiger charge is 2.30. The molecule has 0 aliphatic heterocycles. The molecule has 0 radical (unpaired) electrons. The summed E-state index contributed by atoms with van der Waals surface area (Å²) in [5.41, 5.74) is -1.14. The zero-order valence-electron chi connectivity index (χ0n) is 8.57. The van der Waals surface area contributed by atoms with Gasteiger partial charge in [0.15, 0.2) is 11.3 Å². The van der Waals surface area contributed by atoms with Gasteiger partial charge in [0.05, 0.1) is 21.0 Å². The molecule has 0 unspecified atom stereocenters. The summed E-state index contributed by atoms with van der Waals surface area (Å²) in [6, 6.07) is 1.23. The maximum Gasteiger partial charge on any atom is 0.346 e. The summed E-state index contributed by atoms with van der Waals surface area (Å²) in [6.45, 7) is 1.77. The van der Waals surface area contributed by atoms with Crippen molar-refractivity contribution < 1.29 is 19.6 Å². The van der Waals surface area contributed by atoms with E-state index in [4.69, 9.17) is 21.4 Å². The summed E-state index contributed by atoms with van der Waals surface area (Å²) in [5.74, 6) is -1.67. The maximum absolute atomic E-state index is 11.1. The third kappa shape index (κ3) is 2.67. The van der Waals surface area contributed by atoms with Gasteiger partial charge in [-0.2, -0.15) is 0 Å². The van der Waals surface area contributed by atoms with Gasteiger partial charge in [0.25, 0.3) is 0 Å². The van der Waals surface area contributed by atoms with Gasteiger partial charge in [-0.15, -0.1) is 0 Å². The Morgan fingerprint density at radius 2 is 2.29 bits per heavy atom. The number of carbonyl (C=O) groups is 1.